The van der Waals surface area contributed by atoms with Crippen LogP contribution in [0.3, 0.4) is 0 Å². The van der Waals surface area contributed by atoms with Gasteiger partial charge in [0.25, 0.3) is 5.91 Å². The molecule has 0 radical (unpaired) electrons. The lowest BCUT2D eigenvalue weighted by Crippen LogP contribution is -2.36. The zero-order valence-electron chi connectivity index (χ0n) is 19.2. The lowest BCUT2D eigenvalue weighted by atomic mass is 9.88. The van der Waals surface area contributed by atoms with Gasteiger partial charge in [0, 0.05) is 0 Å². The van der Waals surface area contributed by atoms with Crippen molar-refractivity contribution in [3.63, 3.8) is 0 Å². The number of carbonyl (C=O) groups excluding carboxylic acids is 2. The maximum atomic E-state index is 12.9. The number of nitrogens with zero attached hydrogens (tertiary/aromatic N) is 2. The van der Waals surface area contributed by atoms with Gasteiger partial charge in [0.2, 0.25) is 5.78 Å². The average Bonchev–Trinajstić information content (AvgIpc) is 3.08. The normalized spacial score (nSPS) is 20.5. The number of nitrogens with one attached hydrogen (secondary N) is 2. The molecule has 0 bridgehead atoms. The molecule has 0 saturated carbocycles. The third kappa shape index (κ3) is 4.79. The van der Waals surface area contributed by atoms with Crippen molar-refractivity contribution >= 4 is 29.1 Å². The largest absolute Gasteiger partial charge is 0.505 e. The van der Waals surface area contributed by atoms with Crippen LogP contribution in [0.1, 0.15) is 47.1 Å². The standard InChI is InChI=1S/C25H28N4O5/c1-14-6-7-17(12-15(14)2)21-24(33)22(25(34)26-21)28-27-19-5-3-4-18(23(19)32)16-8-10-29(11-9-16)13-20(30)31/h3-7,12,16,21,27,32H,8-11,13H2,1-2H3,(H,26,34)(H,30,31)/b28-22-. The predicted molar refractivity (Wildman–Crippen MR) is 127 cm³/mol. The first-order chi connectivity index (χ1) is 16.2. The number of phenols is 1. The highest BCUT2D eigenvalue weighted by Gasteiger charge is 2.39. The number of hydrogen-bond acceptors (Lipinski definition) is 7. The molecular weight excluding hydrogens is 436 g/mol. The number of amides is 1. The number of anilines is 1. The first-order valence-corrected chi connectivity index (χ1v) is 11.3. The summed E-state index contributed by atoms with van der Waals surface area (Å²) in [5, 5.41) is 26.5. The van der Waals surface area contributed by atoms with Gasteiger partial charge in [0.1, 0.15) is 11.8 Å². The van der Waals surface area contributed by atoms with E-state index in [1.54, 1.807) is 12.1 Å². The maximum absolute atomic E-state index is 12.9. The van der Waals surface area contributed by atoms with Gasteiger partial charge >= 0.3 is 5.97 Å². The van der Waals surface area contributed by atoms with Crippen molar-refractivity contribution in [2.45, 2.75) is 38.6 Å². The Hall–Kier alpha value is -3.72. The number of hydrogen-bond donors (Lipinski definition) is 4. The molecule has 2 saturated heterocycles. The van der Waals surface area contributed by atoms with E-state index in [9.17, 15) is 19.5 Å². The van der Waals surface area contributed by atoms with E-state index in [0.29, 0.717) is 24.3 Å². The summed E-state index contributed by atoms with van der Waals surface area (Å²) >= 11 is 0. The van der Waals surface area contributed by atoms with Crippen molar-refractivity contribution in [2.75, 3.05) is 25.1 Å². The Morgan fingerprint density at radius 3 is 2.56 bits per heavy atom. The van der Waals surface area contributed by atoms with Crippen molar-refractivity contribution < 1.29 is 24.6 Å². The molecule has 9 nitrogen and oxygen atoms in total. The maximum Gasteiger partial charge on any atom is 0.317 e. The van der Waals surface area contributed by atoms with Gasteiger partial charge in [-0.05, 0) is 74.0 Å². The van der Waals surface area contributed by atoms with Crippen molar-refractivity contribution in [3.8, 4) is 5.75 Å². The van der Waals surface area contributed by atoms with Crippen LogP contribution >= 0.6 is 0 Å². The van der Waals surface area contributed by atoms with Crippen LogP contribution in [0.15, 0.2) is 41.5 Å². The van der Waals surface area contributed by atoms with Gasteiger partial charge in [-0.15, -0.1) is 0 Å². The number of phenolic OH excluding ortho intramolecular Hbond substituents is 1. The summed E-state index contributed by atoms with van der Waals surface area (Å²) in [6, 6.07) is 10.0. The van der Waals surface area contributed by atoms with E-state index < -0.39 is 23.7 Å². The molecule has 0 spiro atoms. The minimum atomic E-state index is -0.850. The molecule has 2 aliphatic rings. The van der Waals surface area contributed by atoms with Gasteiger partial charge in [-0.25, -0.2) is 0 Å². The van der Waals surface area contributed by atoms with E-state index in [4.69, 9.17) is 5.11 Å². The van der Waals surface area contributed by atoms with E-state index in [0.717, 1.165) is 29.5 Å². The van der Waals surface area contributed by atoms with E-state index >= 15 is 0 Å². The van der Waals surface area contributed by atoms with Gasteiger partial charge in [-0.2, -0.15) is 5.10 Å². The summed E-state index contributed by atoms with van der Waals surface area (Å²) in [5.74, 6) is -1.76. The van der Waals surface area contributed by atoms with Crippen LogP contribution in [0.25, 0.3) is 0 Å². The molecule has 178 valence electrons. The van der Waals surface area contributed by atoms with Crippen LogP contribution in [0.5, 0.6) is 5.75 Å². The number of benzene rings is 2. The third-order valence-electron chi connectivity index (χ3n) is 6.59. The highest BCUT2D eigenvalue weighted by molar-refractivity contribution is 6.69. The number of carboxylic acid groups (broad SMARTS) is 1. The number of piperidine rings is 1. The van der Waals surface area contributed by atoms with Gasteiger partial charge in [-0.3, -0.25) is 24.7 Å². The highest BCUT2D eigenvalue weighted by Crippen LogP contribution is 2.38. The number of aromatic hydroxyl groups is 1. The number of hydrazone groups is 1. The number of carboxylic acids is 1. The van der Waals surface area contributed by atoms with Crippen LogP contribution in [-0.2, 0) is 14.4 Å². The number of ketones is 1. The van der Waals surface area contributed by atoms with Crippen molar-refractivity contribution in [2.24, 2.45) is 5.10 Å². The smallest absolute Gasteiger partial charge is 0.317 e. The number of aliphatic carboxylic acids is 1. The molecule has 1 amide bonds. The van der Waals surface area contributed by atoms with Crippen LogP contribution in [-0.4, -0.2) is 58.1 Å². The third-order valence-corrected chi connectivity index (χ3v) is 6.59. The molecule has 0 aliphatic carbocycles. The Morgan fingerprint density at radius 1 is 1.15 bits per heavy atom. The summed E-state index contributed by atoms with van der Waals surface area (Å²) < 4.78 is 0. The fraction of sp³-hybridized carbons (Fsp3) is 0.360. The Balaban J connectivity index is 1.47. The van der Waals surface area contributed by atoms with Gasteiger partial charge in [0.05, 0.1) is 12.2 Å². The summed E-state index contributed by atoms with van der Waals surface area (Å²) in [5.41, 5.74) is 6.30. The quantitative estimate of drug-likeness (QED) is 0.381. The molecule has 2 fully saturated rings. The Kier molecular flexibility index (Phi) is 6.65. The lowest BCUT2D eigenvalue weighted by Gasteiger charge is -2.31. The fourth-order valence-electron chi connectivity index (χ4n) is 4.49. The van der Waals surface area contributed by atoms with Crippen molar-refractivity contribution in [3.05, 3.63) is 58.7 Å². The Bertz CT molecular complexity index is 1170. The Labute approximate surface area is 197 Å². The van der Waals surface area contributed by atoms with E-state index in [2.05, 4.69) is 15.8 Å². The fourth-order valence-corrected chi connectivity index (χ4v) is 4.49. The zero-order chi connectivity index (χ0) is 24.4. The Morgan fingerprint density at radius 2 is 1.88 bits per heavy atom. The molecule has 1 atom stereocenters. The second-order valence-electron chi connectivity index (χ2n) is 8.87. The summed E-state index contributed by atoms with van der Waals surface area (Å²) in [6.07, 6.45) is 1.44. The van der Waals surface area contributed by atoms with Gasteiger partial charge < -0.3 is 15.5 Å². The predicted octanol–water partition coefficient (Wildman–Crippen LogP) is 2.48. The minimum Gasteiger partial charge on any atom is -0.505 e. The minimum absolute atomic E-state index is 0.0109. The molecule has 2 aromatic carbocycles. The topological polar surface area (TPSA) is 131 Å². The highest BCUT2D eigenvalue weighted by atomic mass is 16.4. The molecule has 0 aromatic heterocycles. The SMILES string of the molecule is Cc1ccc(C2NC(=O)/C(=N\Nc3cccc(C4CCN(CC(=O)O)CC4)c3O)C2=O)cc1C. The molecule has 34 heavy (non-hydrogen) atoms. The summed E-state index contributed by atoms with van der Waals surface area (Å²) in [6.45, 7) is 5.19. The van der Waals surface area contributed by atoms with E-state index in [1.807, 2.05) is 43.0 Å². The summed E-state index contributed by atoms with van der Waals surface area (Å²) in [4.78, 5) is 38.1. The van der Waals surface area contributed by atoms with Gasteiger partial charge in [-0.1, -0.05) is 30.3 Å². The lowest BCUT2D eigenvalue weighted by molar-refractivity contribution is -0.138. The summed E-state index contributed by atoms with van der Waals surface area (Å²) in [7, 11) is 0. The van der Waals surface area contributed by atoms with E-state index in [-0.39, 0.29) is 23.9 Å². The molecule has 4 N–H and O–H groups in total. The average molecular weight is 465 g/mol. The zero-order valence-corrected chi connectivity index (χ0v) is 19.2. The molecule has 2 heterocycles. The number of para-hydroxylation sites is 1. The number of rotatable bonds is 6. The van der Waals surface area contributed by atoms with Crippen LogP contribution < -0.4 is 10.7 Å². The molecular formula is C25H28N4O5. The number of aryl methyl sites for hydroxylation is 2. The number of Topliss-reactive ketones (excluding diaryl/α,β-unsaturated/α-hetero) is 1. The van der Waals surface area contributed by atoms with Crippen LogP contribution in [0, 0.1) is 13.8 Å². The monoisotopic (exact) mass is 464 g/mol. The van der Waals surface area contributed by atoms with Gasteiger partial charge in [0.15, 0.2) is 5.71 Å². The van der Waals surface area contributed by atoms with Crippen molar-refractivity contribution in [1.29, 1.82) is 0 Å². The molecule has 1 unspecified atom stereocenters. The molecule has 9 heteroatoms. The second kappa shape index (κ2) is 9.64. The number of likely N-dealkylation sites (tertiary alicyclic amines) is 1. The van der Waals surface area contributed by atoms with Crippen LogP contribution in [0.4, 0.5) is 5.69 Å². The van der Waals surface area contributed by atoms with Crippen molar-refractivity contribution in [1.82, 2.24) is 10.2 Å². The number of carbonyl (C=O) groups is 3. The molecule has 2 aromatic rings. The first-order valence-electron chi connectivity index (χ1n) is 11.3. The second-order valence-corrected chi connectivity index (χ2v) is 8.87. The molecule has 2 aliphatic heterocycles. The van der Waals surface area contributed by atoms with E-state index in [1.165, 1.54) is 0 Å². The molecule has 4 rings (SSSR count). The van der Waals surface area contributed by atoms with Crippen LogP contribution in [0.2, 0.25) is 0 Å². The first kappa shape index (κ1) is 23.4.